The number of imidazole rings is 1. The molecule has 0 saturated heterocycles. The molecule has 21 heavy (non-hydrogen) atoms. The van der Waals surface area contributed by atoms with Crippen LogP contribution in [0.2, 0.25) is 0 Å². The number of nitrogens with one attached hydrogen (secondary N) is 1. The number of hydrogen-bond acceptors (Lipinski definition) is 2. The Morgan fingerprint density at radius 1 is 1.24 bits per heavy atom. The molecule has 0 fully saturated rings. The van der Waals surface area contributed by atoms with Gasteiger partial charge >= 0.3 is 0 Å². The summed E-state index contributed by atoms with van der Waals surface area (Å²) >= 11 is 3.42. The molecular weight excluding hydrogens is 330 g/mol. The summed E-state index contributed by atoms with van der Waals surface area (Å²) in [6.45, 7) is 2.35. The number of aryl methyl sites for hydroxylation is 1. The standard InChI is InChI=1S/C16H14BrN3O/c1-11-15(20-10-13(17)7-8-14(20)19-11)16(21)18-9-12-5-3-2-4-6-12/h2-8,10H,9H2,1H3,(H,18,21). The number of aromatic nitrogens is 2. The monoisotopic (exact) mass is 343 g/mol. The van der Waals surface area contributed by atoms with Crippen molar-refractivity contribution in [1.82, 2.24) is 14.7 Å². The lowest BCUT2D eigenvalue weighted by atomic mass is 10.2. The molecule has 0 atom stereocenters. The Morgan fingerprint density at radius 2 is 2.00 bits per heavy atom. The molecule has 0 unspecified atom stereocenters. The number of rotatable bonds is 3. The van der Waals surface area contributed by atoms with E-state index in [1.54, 1.807) is 4.40 Å². The summed E-state index contributed by atoms with van der Waals surface area (Å²) in [5.74, 6) is -0.123. The van der Waals surface area contributed by atoms with Gasteiger partial charge in [0, 0.05) is 17.2 Å². The van der Waals surface area contributed by atoms with Crippen LogP contribution in [-0.4, -0.2) is 15.3 Å². The molecule has 2 heterocycles. The molecule has 0 aliphatic carbocycles. The third kappa shape index (κ3) is 2.83. The summed E-state index contributed by atoms with van der Waals surface area (Å²) in [7, 11) is 0. The fourth-order valence-corrected chi connectivity index (χ4v) is 2.61. The van der Waals surface area contributed by atoms with E-state index in [-0.39, 0.29) is 5.91 Å². The zero-order chi connectivity index (χ0) is 14.8. The van der Waals surface area contributed by atoms with Crippen LogP contribution < -0.4 is 5.32 Å². The van der Waals surface area contributed by atoms with Crippen LogP contribution in [0.1, 0.15) is 21.7 Å². The van der Waals surface area contributed by atoms with E-state index in [2.05, 4.69) is 26.2 Å². The predicted octanol–water partition coefficient (Wildman–Crippen LogP) is 3.34. The van der Waals surface area contributed by atoms with Gasteiger partial charge in [-0.25, -0.2) is 4.98 Å². The molecule has 1 amide bonds. The molecule has 0 spiro atoms. The first-order valence-electron chi connectivity index (χ1n) is 6.61. The lowest BCUT2D eigenvalue weighted by molar-refractivity contribution is 0.0944. The fourth-order valence-electron chi connectivity index (χ4n) is 2.27. The summed E-state index contributed by atoms with van der Waals surface area (Å²) in [6.07, 6.45) is 1.85. The van der Waals surface area contributed by atoms with E-state index in [1.165, 1.54) is 0 Å². The van der Waals surface area contributed by atoms with Crippen LogP contribution in [0.15, 0.2) is 53.1 Å². The first-order chi connectivity index (χ1) is 10.1. The quantitative estimate of drug-likeness (QED) is 0.792. The second-order valence-electron chi connectivity index (χ2n) is 4.79. The molecule has 0 aliphatic heterocycles. The van der Waals surface area contributed by atoms with Crippen molar-refractivity contribution < 1.29 is 4.79 Å². The van der Waals surface area contributed by atoms with Crippen LogP contribution in [0.5, 0.6) is 0 Å². The Balaban J connectivity index is 1.87. The van der Waals surface area contributed by atoms with Crippen molar-refractivity contribution >= 4 is 27.5 Å². The molecule has 4 nitrogen and oxygen atoms in total. The van der Waals surface area contributed by atoms with Gasteiger partial charge in [0.15, 0.2) is 0 Å². The zero-order valence-corrected chi connectivity index (χ0v) is 13.1. The third-order valence-electron chi connectivity index (χ3n) is 3.27. The maximum Gasteiger partial charge on any atom is 0.270 e. The highest BCUT2D eigenvalue weighted by Gasteiger charge is 2.16. The smallest absolute Gasteiger partial charge is 0.270 e. The van der Waals surface area contributed by atoms with E-state index in [9.17, 15) is 4.79 Å². The highest BCUT2D eigenvalue weighted by atomic mass is 79.9. The molecule has 3 rings (SSSR count). The minimum absolute atomic E-state index is 0.123. The average Bonchev–Trinajstić information content (AvgIpc) is 2.81. The number of benzene rings is 1. The summed E-state index contributed by atoms with van der Waals surface area (Å²) in [5, 5.41) is 2.94. The van der Waals surface area contributed by atoms with E-state index in [0.29, 0.717) is 12.2 Å². The molecule has 3 aromatic rings. The van der Waals surface area contributed by atoms with Crippen molar-refractivity contribution in [3.8, 4) is 0 Å². The van der Waals surface area contributed by atoms with E-state index in [1.807, 2.05) is 55.6 Å². The number of amides is 1. The molecule has 0 saturated carbocycles. The first-order valence-corrected chi connectivity index (χ1v) is 7.41. The van der Waals surface area contributed by atoms with Crippen LogP contribution in [0, 0.1) is 6.92 Å². The minimum atomic E-state index is -0.123. The van der Waals surface area contributed by atoms with Crippen LogP contribution in [0.3, 0.4) is 0 Å². The Morgan fingerprint density at radius 3 is 2.76 bits per heavy atom. The van der Waals surface area contributed by atoms with E-state index in [4.69, 9.17) is 0 Å². The van der Waals surface area contributed by atoms with Gasteiger partial charge in [0.1, 0.15) is 11.3 Å². The largest absolute Gasteiger partial charge is 0.347 e. The van der Waals surface area contributed by atoms with Crippen molar-refractivity contribution in [1.29, 1.82) is 0 Å². The average molecular weight is 344 g/mol. The molecule has 0 radical (unpaired) electrons. The van der Waals surface area contributed by atoms with Crippen molar-refractivity contribution in [3.63, 3.8) is 0 Å². The van der Waals surface area contributed by atoms with Gasteiger partial charge in [-0.05, 0) is 40.5 Å². The second kappa shape index (κ2) is 5.69. The van der Waals surface area contributed by atoms with Crippen LogP contribution >= 0.6 is 15.9 Å². The minimum Gasteiger partial charge on any atom is -0.347 e. The van der Waals surface area contributed by atoms with Gasteiger partial charge in [0.05, 0.1) is 5.69 Å². The topological polar surface area (TPSA) is 46.4 Å². The van der Waals surface area contributed by atoms with Crippen LogP contribution in [0.4, 0.5) is 0 Å². The van der Waals surface area contributed by atoms with Gasteiger partial charge in [-0.1, -0.05) is 30.3 Å². The molecule has 2 aromatic heterocycles. The Hall–Kier alpha value is -2.14. The van der Waals surface area contributed by atoms with Gasteiger partial charge in [0.2, 0.25) is 0 Å². The van der Waals surface area contributed by atoms with Crippen LogP contribution in [0.25, 0.3) is 5.65 Å². The Bertz CT molecular complexity index is 796. The van der Waals surface area contributed by atoms with Gasteiger partial charge in [-0.3, -0.25) is 9.20 Å². The lowest BCUT2D eigenvalue weighted by Gasteiger charge is -2.06. The normalized spacial score (nSPS) is 10.8. The number of carbonyl (C=O) groups excluding carboxylic acids is 1. The summed E-state index contributed by atoms with van der Waals surface area (Å²) < 4.78 is 2.71. The second-order valence-corrected chi connectivity index (χ2v) is 5.71. The number of hydrogen-bond donors (Lipinski definition) is 1. The van der Waals surface area contributed by atoms with E-state index >= 15 is 0 Å². The summed E-state index contributed by atoms with van der Waals surface area (Å²) in [4.78, 5) is 16.8. The fraction of sp³-hybridized carbons (Fsp3) is 0.125. The van der Waals surface area contributed by atoms with Gasteiger partial charge in [0.25, 0.3) is 5.91 Å². The predicted molar refractivity (Wildman–Crippen MR) is 85.2 cm³/mol. The number of carbonyl (C=O) groups is 1. The van der Waals surface area contributed by atoms with Crippen molar-refractivity contribution in [2.45, 2.75) is 13.5 Å². The van der Waals surface area contributed by atoms with E-state index in [0.717, 1.165) is 21.4 Å². The molecule has 5 heteroatoms. The number of halogens is 1. The highest BCUT2D eigenvalue weighted by Crippen LogP contribution is 2.16. The van der Waals surface area contributed by atoms with Crippen LogP contribution in [-0.2, 0) is 6.54 Å². The summed E-state index contributed by atoms with van der Waals surface area (Å²) in [6, 6.07) is 13.6. The van der Waals surface area contributed by atoms with Crippen molar-refractivity contribution in [2.75, 3.05) is 0 Å². The first kappa shape index (κ1) is 13.8. The lowest BCUT2D eigenvalue weighted by Crippen LogP contribution is -2.24. The number of fused-ring (bicyclic) bond motifs is 1. The van der Waals surface area contributed by atoms with Gasteiger partial charge < -0.3 is 5.32 Å². The van der Waals surface area contributed by atoms with Gasteiger partial charge in [-0.15, -0.1) is 0 Å². The number of pyridine rings is 1. The zero-order valence-electron chi connectivity index (χ0n) is 11.5. The molecule has 0 bridgehead atoms. The maximum absolute atomic E-state index is 12.4. The molecular formula is C16H14BrN3O. The Kier molecular flexibility index (Phi) is 3.75. The third-order valence-corrected chi connectivity index (χ3v) is 3.74. The molecule has 0 aliphatic rings. The molecule has 1 aromatic carbocycles. The Labute approximate surface area is 131 Å². The SMILES string of the molecule is Cc1nc2ccc(Br)cn2c1C(=O)NCc1ccccc1. The highest BCUT2D eigenvalue weighted by molar-refractivity contribution is 9.10. The molecule has 1 N–H and O–H groups in total. The maximum atomic E-state index is 12.4. The number of nitrogens with zero attached hydrogens (tertiary/aromatic N) is 2. The van der Waals surface area contributed by atoms with Gasteiger partial charge in [-0.2, -0.15) is 0 Å². The van der Waals surface area contributed by atoms with Crippen molar-refractivity contribution in [3.05, 3.63) is 70.1 Å². The van der Waals surface area contributed by atoms with Crippen molar-refractivity contribution in [2.24, 2.45) is 0 Å². The summed E-state index contributed by atoms with van der Waals surface area (Å²) in [5.41, 5.74) is 3.12. The van der Waals surface area contributed by atoms with E-state index < -0.39 is 0 Å². The molecule has 106 valence electrons.